The summed E-state index contributed by atoms with van der Waals surface area (Å²) >= 11 is 2.80. The Morgan fingerprint density at radius 2 is 2.19 bits per heavy atom. The normalized spacial score (nSPS) is 13.2. The fourth-order valence-corrected chi connectivity index (χ4v) is 4.86. The minimum Gasteiger partial charge on any atom is -0.478 e. The zero-order valence-corrected chi connectivity index (χ0v) is 13.2. The van der Waals surface area contributed by atoms with Crippen molar-refractivity contribution in [3.05, 3.63) is 37.9 Å². The number of carbonyl (C=O) groups excluding carboxylic acids is 1. The predicted molar refractivity (Wildman–Crippen MR) is 85.0 cm³/mol. The number of anilines is 1. The predicted octanol–water partition coefficient (Wildman–Crippen LogP) is 3.81. The summed E-state index contributed by atoms with van der Waals surface area (Å²) in [6, 6.07) is 1.94. The van der Waals surface area contributed by atoms with Crippen LogP contribution in [-0.4, -0.2) is 17.0 Å². The van der Waals surface area contributed by atoms with Crippen molar-refractivity contribution in [1.29, 1.82) is 0 Å². The van der Waals surface area contributed by atoms with Gasteiger partial charge in [-0.1, -0.05) is 6.92 Å². The molecule has 0 aromatic carbocycles. The number of carboxylic acids is 1. The molecule has 0 atom stereocenters. The van der Waals surface area contributed by atoms with Crippen LogP contribution >= 0.6 is 22.7 Å². The summed E-state index contributed by atoms with van der Waals surface area (Å²) in [4.78, 5) is 25.6. The summed E-state index contributed by atoms with van der Waals surface area (Å²) in [6.07, 6.45) is 3.50. The van der Waals surface area contributed by atoms with E-state index in [1.165, 1.54) is 22.7 Å². The first-order chi connectivity index (χ1) is 10.1. The van der Waals surface area contributed by atoms with Crippen molar-refractivity contribution in [1.82, 2.24) is 0 Å². The Morgan fingerprint density at radius 1 is 1.38 bits per heavy atom. The van der Waals surface area contributed by atoms with Gasteiger partial charge in [0.1, 0.15) is 5.00 Å². The number of amides is 1. The summed E-state index contributed by atoms with van der Waals surface area (Å²) in [7, 11) is 0. The molecule has 0 aliphatic heterocycles. The molecule has 2 aromatic heterocycles. The molecule has 1 aliphatic rings. The number of nitrogens with one attached hydrogen (secondary N) is 1. The van der Waals surface area contributed by atoms with E-state index in [0.29, 0.717) is 9.88 Å². The fourth-order valence-electron chi connectivity index (χ4n) is 2.69. The molecule has 3 rings (SSSR count). The van der Waals surface area contributed by atoms with Gasteiger partial charge in [-0.3, -0.25) is 4.79 Å². The van der Waals surface area contributed by atoms with Crippen LogP contribution in [0.3, 0.4) is 0 Å². The Morgan fingerprint density at radius 3 is 2.90 bits per heavy atom. The largest absolute Gasteiger partial charge is 0.478 e. The summed E-state index contributed by atoms with van der Waals surface area (Å²) in [5.74, 6) is -1.16. The van der Waals surface area contributed by atoms with Crippen LogP contribution in [0.15, 0.2) is 11.4 Å². The number of aromatic carboxylic acids is 1. The number of carbonyl (C=O) groups is 2. The molecule has 0 bridgehead atoms. The number of fused-ring (bicyclic) bond motifs is 1. The third-order valence-corrected chi connectivity index (χ3v) is 5.86. The minimum atomic E-state index is -0.952. The summed E-state index contributed by atoms with van der Waals surface area (Å²) in [5, 5.41) is 14.6. The Kier molecular flexibility index (Phi) is 3.82. The first-order valence-corrected chi connectivity index (χ1v) is 8.57. The van der Waals surface area contributed by atoms with Gasteiger partial charge in [0.05, 0.1) is 10.4 Å². The maximum Gasteiger partial charge on any atom is 0.339 e. The summed E-state index contributed by atoms with van der Waals surface area (Å²) in [5.41, 5.74) is 2.19. The first-order valence-electron chi connectivity index (χ1n) is 6.87. The molecule has 21 heavy (non-hydrogen) atoms. The number of hydrogen-bond acceptors (Lipinski definition) is 4. The molecule has 0 saturated carbocycles. The van der Waals surface area contributed by atoms with E-state index in [-0.39, 0.29) is 11.5 Å². The van der Waals surface area contributed by atoms with Gasteiger partial charge in [0.2, 0.25) is 0 Å². The van der Waals surface area contributed by atoms with Crippen molar-refractivity contribution >= 4 is 39.6 Å². The molecule has 0 saturated heterocycles. The van der Waals surface area contributed by atoms with Crippen LogP contribution in [0.1, 0.15) is 49.4 Å². The average Bonchev–Trinajstić information content (AvgIpc) is 3.11. The Labute approximate surface area is 130 Å². The third kappa shape index (κ3) is 2.49. The smallest absolute Gasteiger partial charge is 0.339 e. The molecule has 110 valence electrons. The maximum atomic E-state index is 12.4. The molecule has 2 aromatic rings. The van der Waals surface area contributed by atoms with Crippen LogP contribution in [0, 0.1) is 0 Å². The van der Waals surface area contributed by atoms with E-state index in [2.05, 4.69) is 5.32 Å². The van der Waals surface area contributed by atoms with Gasteiger partial charge in [0.15, 0.2) is 0 Å². The lowest BCUT2D eigenvalue weighted by atomic mass is 10.1. The van der Waals surface area contributed by atoms with Gasteiger partial charge in [-0.25, -0.2) is 4.79 Å². The van der Waals surface area contributed by atoms with Crippen LogP contribution in [0.2, 0.25) is 0 Å². The van der Waals surface area contributed by atoms with E-state index in [9.17, 15) is 14.7 Å². The topological polar surface area (TPSA) is 66.4 Å². The van der Waals surface area contributed by atoms with Crippen LogP contribution in [-0.2, 0) is 19.3 Å². The molecule has 1 amide bonds. The van der Waals surface area contributed by atoms with Crippen molar-refractivity contribution in [2.24, 2.45) is 0 Å². The summed E-state index contributed by atoms with van der Waals surface area (Å²) in [6.45, 7) is 2.00. The van der Waals surface area contributed by atoms with Crippen molar-refractivity contribution in [3.63, 3.8) is 0 Å². The molecule has 0 spiro atoms. The second-order valence-corrected chi connectivity index (χ2v) is 6.97. The van der Waals surface area contributed by atoms with E-state index in [0.717, 1.165) is 41.7 Å². The molecule has 2 heterocycles. The zero-order chi connectivity index (χ0) is 15.0. The zero-order valence-electron chi connectivity index (χ0n) is 11.6. The lowest BCUT2D eigenvalue weighted by Gasteiger charge is -2.05. The van der Waals surface area contributed by atoms with Gasteiger partial charge in [0, 0.05) is 4.88 Å². The van der Waals surface area contributed by atoms with Crippen LogP contribution in [0.4, 0.5) is 5.00 Å². The van der Waals surface area contributed by atoms with E-state index >= 15 is 0 Å². The van der Waals surface area contributed by atoms with Gasteiger partial charge in [-0.15, -0.1) is 22.7 Å². The molecule has 0 fully saturated rings. The van der Waals surface area contributed by atoms with Crippen molar-refractivity contribution < 1.29 is 14.7 Å². The number of hydrogen-bond donors (Lipinski definition) is 2. The second-order valence-electron chi connectivity index (χ2n) is 4.95. The minimum absolute atomic E-state index is 0.204. The molecule has 0 radical (unpaired) electrons. The number of thiophene rings is 2. The maximum absolute atomic E-state index is 12.4. The van der Waals surface area contributed by atoms with Gasteiger partial charge in [-0.2, -0.15) is 0 Å². The highest BCUT2D eigenvalue weighted by Gasteiger charge is 2.27. The van der Waals surface area contributed by atoms with Gasteiger partial charge in [-0.05, 0) is 48.3 Å². The van der Waals surface area contributed by atoms with Gasteiger partial charge in [0.25, 0.3) is 5.91 Å². The number of aryl methyl sites for hydroxylation is 2. The molecular weight excluding hydrogens is 306 g/mol. The highest BCUT2D eigenvalue weighted by atomic mass is 32.1. The van der Waals surface area contributed by atoms with Crippen LogP contribution in [0.5, 0.6) is 0 Å². The van der Waals surface area contributed by atoms with Crippen molar-refractivity contribution in [2.45, 2.75) is 32.6 Å². The summed E-state index contributed by atoms with van der Waals surface area (Å²) < 4.78 is 0. The molecule has 4 nitrogen and oxygen atoms in total. The molecule has 0 unspecified atom stereocenters. The van der Waals surface area contributed by atoms with E-state index in [4.69, 9.17) is 0 Å². The Balaban J connectivity index is 1.92. The highest BCUT2D eigenvalue weighted by molar-refractivity contribution is 7.17. The van der Waals surface area contributed by atoms with Gasteiger partial charge >= 0.3 is 5.97 Å². The Hall–Kier alpha value is -1.66. The SMILES string of the molecule is CCc1ccsc1C(=O)Nc1sc2c(c1C(=O)O)CCC2. The van der Waals surface area contributed by atoms with Gasteiger partial charge < -0.3 is 10.4 Å². The lowest BCUT2D eigenvalue weighted by molar-refractivity contribution is 0.0697. The first kappa shape index (κ1) is 14.3. The van der Waals surface area contributed by atoms with Crippen molar-refractivity contribution in [2.75, 3.05) is 5.32 Å². The lowest BCUT2D eigenvalue weighted by Crippen LogP contribution is -2.14. The fraction of sp³-hybridized carbons (Fsp3) is 0.333. The molecule has 2 N–H and O–H groups in total. The average molecular weight is 321 g/mol. The van der Waals surface area contributed by atoms with Crippen LogP contribution < -0.4 is 5.32 Å². The molecular formula is C15H15NO3S2. The number of carboxylic acid groups (broad SMARTS) is 1. The third-order valence-electron chi connectivity index (χ3n) is 3.70. The number of rotatable bonds is 4. The van der Waals surface area contributed by atoms with E-state index in [1.54, 1.807) is 0 Å². The second kappa shape index (κ2) is 5.61. The standard InChI is InChI=1S/C15H15NO3S2/c1-2-8-6-7-20-12(8)13(17)16-14-11(15(18)19)9-4-3-5-10(9)21-14/h6-7H,2-5H2,1H3,(H,16,17)(H,18,19). The molecule has 1 aliphatic carbocycles. The highest BCUT2D eigenvalue weighted by Crippen LogP contribution is 2.39. The quantitative estimate of drug-likeness (QED) is 0.900. The molecule has 6 heteroatoms. The van der Waals surface area contributed by atoms with E-state index < -0.39 is 5.97 Å². The van der Waals surface area contributed by atoms with Crippen LogP contribution in [0.25, 0.3) is 0 Å². The monoisotopic (exact) mass is 321 g/mol. The Bertz CT molecular complexity index is 715. The van der Waals surface area contributed by atoms with Crippen molar-refractivity contribution in [3.8, 4) is 0 Å². The van der Waals surface area contributed by atoms with E-state index in [1.807, 2.05) is 18.4 Å².